The van der Waals surface area contributed by atoms with E-state index in [1.54, 1.807) is 49.0 Å². The molecule has 32 heavy (non-hydrogen) atoms. The van der Waals surface area contributed by atoms with Gasteiger partial charge in [-0.1, -0.05) is 6.07 Å². The van der Waals surface area contributed by atoms with Crippen LogP contribution >= 0.6 is 0 Å². The predicted octanol–water partition coefficient (Wildman–Crippen LogP) is 0.862. The monoisotopic (exact) mass is 437 g/mol. The Morgan fingerprint density at radius 3 is 2.44 bits per heavy atom. The molecule has 1 saturated heterocycles. The van der Waals surface area contributed by atoms with Crippen molar-refractivity contribution in [3.8, 4) is 5.69 Å². The van der Waals surface area contributed by atoms with E-state index in [0.29, 0.717) is 37.2 Å². The zero-order valence-electron chi connectivity index (χ0n) is 17.7. The summed E-state index contributed by atoms with van der Waals surface area (Å²) in [5, 5.41) is 2.78. The van der Waals surface area contributed by atoms with E-state index in [9.17, 15) is 19.2 Å². The number of nitrogens with two attached hydrogens (primary N) is 1. The number of hydrogen-bond donors (Lipinski definition) is 2. The van der Waals surface area contributed by atoms with Crippen molar-refractivity contribution in [3.63, 3.8) is 0 Å². The maximum atomic E-state index is 13.0. The number of hydrogen-bond acceptors (Lipinski definition) is 5. The maximum absolute atomic E-state index is 13.0. The van der Waals surface area contributed by atoms with Gasteiger partial charge in [0.25, 0.3) is 11.5 Å². The van der Waals surface area contributed by atoms with E-state index in [4.69, 9.17) is 10.5 Å². The normalized spacial score (nSPS) is 21.6. The SMILES string of the molecule is COC1(C(=O)N2CC[CH]C(C(=O)Nc3ccc(-n4ccccc4=O)cc3)C2C(N)=O)CC1. The molecular formula is C23H25N4O5. The van der Waals surface area contributed by atoms with Gasteiger partial charge in [0.1, 0.15) is 11.6 Å². The summed E-state index contributed by atoms with van der Waals surface area (Å²) in [6.45, 7) is 0.307. The quantitative estimate of drug-likeness (QED) is 0.694. The van der Waals surface area contributed by atoms with Crippen molar-refractivity contribution in [2.75, 3.05) is 19.0 Å². The van der Waals surface area contributed by atoms with E-state index in [1.807, 2.05) is 0 Å². The van der Waals surface area contributed by atoms with E-state index in [0.717, 1.165) is 0 Å². The van der Waals surface area contributed by atoms with Gasteiger partial charge in [-0.05, 0) is 56.0 Å². The molecule has 2 aromatic rings. The summed E-state index contributed by atoms with van der Waals surface area (Å²) in [4.78, 5) is 51.6. The number of piperidine rings is 1. The number of anilines is 1. The lowest BCUT2D eigenvalue weighted by molar-refractivity contribution is -0.154. The van der Waals surface area contributed by atoms with Crippen LogP contribution in [0.15, 0.2) is 53.5 Å². The van der Waals surface area contributed by atoms with Crippen LogP contribution in [0, 0.1) is 12.3 Å². The lowest BCUT2D eigenvalue weighted by Gasteiger charge is -2.40. The molecule has 2 unspecified atom stereocenters. The molecule has 2 aliphatic rings. The number of aromatic nitrogens is 1. The second-order valence-electron chi connectivity index (χ2n) is 8.04. The molecule has 167 valence electrons. The molecule has 3 N–H and O–H groups in total. The van der Waals surface area contributed by atoms with Crippen molar-refractivity contribution in [1.82, 2.24) is 9.47 Å². The average Bonchev–Trinajstić information content (AvgIpc) is 3.60. The Morgan fingerprint density at radius 1 is 1.12 bits per heavy atom. The Balaban J connectivity index is 1.50. The van der Waals surface area contributed by atoms with Gasteiger partial charge in [0.15, 0.2) is 0 Å². The van der Waals surface area contributed by atoms with E-state index in [-0.39, 0.29) is 11.5 Å². The first-order chi connectivity index (χ1) is 15.4. The molecular weight excluding hydrogens is 412 g/mol. The lowest BCUT2D eigenvalue weighted by Crippen LogP contribution is -2.60. The fraction of sp³-hybridized carbons (Fsp3) is 0.348. The second kappa shape index (κ2) is 8.58. The molecule has 1 saturated carbocycles. The highest BCUT2D eigenvalue weighted by atomic mass is 16.5. The van der Waals surface area contributed by atoms with Gasteiger partial charge >= 0.3 is 0 Å². The van der Waals surface area contributed by atoms with E-state index in [1.165, 1.54) is 22.6 Å². The number of methoxy groups -OCH3 is 1. The number of carbonyl (C=O) groups excluding carboxylic acids is 3. The molecule has 9 heteroatoms. The summed E-state index contributed by atoms with van der Waals surface area (Å²) in [6, 6.07) is 10.5. The van der Waals surface area contributed by atoms with Crippen molar-refractivity contribution >= 4 is 23.4 Å². The number of pyridine rings is 1. The molecule has 2 heterocycles. The predicted molar refractivity (Wildman–Crippen MR) is 117 cm³/mol. The second-order valence-corrected chi connectivity index (χ2v) is 8.04. The van der Waals surface area contributed by atoms with Crippen molar-refractivity contribution in [2.45, 2.75) is 30.9 Å². The first-order valence-electron chi connectivity index (χ1n) is 10.4. The molecule has 9 nitrogen and oxygen atoms in total. The number of nitrogens with one attached hydrogen (secondary N) is 1. The molecule has 1 radical (unpaired) electrons. The first kappa shape index (κ1) is 21.8. The van der Waals surface area contributed by atoms with Crippen LogP contribution in [0.5, 0.6) is 0 Å². The molecule has 1 aromatic carbocycles. The highest BCUT2D eigenvalue weighted by Crippen LogP contribution is 2.42. The number of ether oxygens (including phenoxy) is 1. The van der Waals surface area contributed by atoms with Crippen LogP contribution in [-0.4, -0.2) is 52.5 Å². The number of benzene rings is 1. The Hall–Kier alpha value is -3.46. The van der Waals surface area contributed by atoms with Crippen LogP contribution in [0.2, 0.25) is 0 Å². The van der Waals surface area contributed by atoms with Gasteiger partial charge < -0.3 is 20.7 Å². The number of primary amides is 1. The van der Waals surface area contributed by atoms with Crippen LogP contribution in [0.1, 0.15) is 19.3 Å². The van der Waals surface area contributed by atoms with Gasteiger partial charge in [0.05, 0.1) is 5.92 Å². The van der Waals surface area contributed by atoms with Gasteiger partial charge in [-0.15, -0.1) is 0 Å². The molecule has 4 rings (SSSR count). The Morgan fingerprint density at radius 2 is 1.84 bits per heavy atom. The van der Waals surface area contributed by atoms with Crippen LogP contribution in [0.4, 0.5) is 5.69 Å². The zero-order valence-corrected chi connectivity index (χ0v) is 17.7. The summed E-state index contributed by atoms with van der Waals surface area (Å²) in [7, 11) is 1.47. The number of carbonyl (C=O) groups is 3. The standard InChI is InChI=1S/C23H25N4O5/c1-32-23(11-12-23)22(31)27-14-4-5-17(19(27)20(24)29)21(30)25-15-7-9-16(10-8-15)26-13-3-2-6-18(26)28/h2-3,5-10,13,17,19H,4,11-12,14H2,1H3,(H2,24,29)(H,25,30). The summed E-state index contributed by atoms with van der Waals surface area (Å²) in [5.74, 6) is -2.35. The third-order valence-electron chi connectivity index (χ3n) is 6.04. The summed E-state index contributed by atoms with van der Waals surface area (Å²) in [5.41, 5.74) is 5.69. The van der Waals surface area contributed by atoms with Crippen LogP contribution in [-0.2, 0) is 19.1 Å². The third-order valence-corrected chi connectivity index (χ3v) is 6.04. The number of amides is 3. The van der Waals surface area contributed by atoms with E-state index >= 15 is 0 Å². The van der Waals surface area contributed by atoms with Crippen molar-refractivity contribution in [1.29, 1.82) is 0 Å². The van der Waals surface area contributed by atoms with Gasteiger partial charge in [0.2, 0.25) is 11.8 Å². The minimum absolute atomic E-state index is 0.167. The first-order valence-corrected chi connectivity index (χ1v) is 10.4. The minimum atomic E-state index is -1.08. The maximum Gasteiger partial charge on any atom is 0.255 e. The van der Waals surface area contributed by atoms with Crippen molar-refractivity contribution in [2.24, 2.45) is 11.7 Å². The van der Waals surface area contributed by atoms with Gasteiger partial charge in [-0.25, -0.2) is 0 Å². The molecule has 1 aliphatic heterocycles. The summed E-state index contributed by atoms with van der Waals surface area (Å²) in [6.07, 6.45) is 5.01. The Labute approximate surface area is 185 Å². The van der Waals surface area contributed by atoms with Crippen LogP contribution < -0.4 is 16.6 Å². The molecule has 1 aromatic heterocycles. The highest BCUT2D eigenvalue weighted by Gasteiger charge is 2.55. The number of rotatable bonds is 6. The zero-order chi connectivity index (χ0) is 22.9. The smallest absolute Gasteiger partial charge is 0.255 e. The molecule has 0 bridgehead atoms. The van der Waals surface area contributed by atoms with Gasteiger partial charge in [-0.2, -0.15) is 0 Å². The van der Waals surface area contributed by atoms with Crippen LogP contribution in [0.3, 0.4) is 0 Å². The van der Waals surface area contributed by atoms with Gasteiger partial charge in [0, 0.05) is 37.3 Å². The summed E-state index contributed by atoms with van der Waals surface area (Å²) < 4.78 is 6.84. The molecule has 2 fully saturated rings. The van der Waals surface area contributed by atoms with Crippen molar-refractivity contribution < 1.29 is 19.1 Å². The largest absolute Gasteiger partial charge is 0.368 e. The van der Waals surface area contributed by atoms with E-state index < -0.39 is 29.4 Å². The number of likely N-dealkylation sites (tertiary alicyclic amines) is 1. The lowest BCUT2D eigenvalue weighted by atomic mass is 9.87. The van der Waals surface area contributed by atoms with Gasteiger partial charge in [-0.3, -0.25) is 23.7 Å². The highest BCUT2D eigenvalue weighted by molar-refractivity contribution is 6.00. The summed E-state index contributed by atoms with van der Waals surface area (Å²) >= 11 is 0. The fourth-order valence-electron chi connectivity index (χ4n) is 4.12. The van der Waals surface area contributed by atoms with E-state index in [2.05, 4.69) is 5.32 Å². The molecule has 0 spiro atoms. The Bertz CT molecular complexity index is 1090. The molecule has 1 aliphatic carbocycles. The Kier molecular flexibility index (Phi) is 5.84. The molecule has 2 atom stereocenters. The minimum Gasteiger partial charge on any atom is -0.368 e. The third kappa shape index (κ3) is 4.03. The number of nitrogens with zero attached hydrogens (tertiary/aromatic N) is 2. The van der Waals surface area contributed by atoms with Crippen LogP contribution in [0.25, 0.3) is 5.69 Å². The average molecular weight is 437 g/mol. The molecule has 3 amide bonds. The van der Waals surface area contributed by atoms with Crippen molar-refractivity contribution in [3.05, 3.63) is 65.4 Å². The fourth-order valence-corrected chi connectivity index (χ4v) is 4.12. The topological polar surface area (TPSA) is 124 Å².